The van der Waals surface area contributed by atoms with Crippen molar-refractivity contribution in [1.82, 2.24) is 30.8 Å². The number of aliphatic imine (C=N–C) groups is 1. The van der Waals surface area contributed by atoms with Crippen molar-refractivity contribution >= 4 is 69.1 Å². The van der Waals surface area contributed by atoms with E-state index in [1.807, 2.05) is 54.8 Å². The van der Waals surface area contributed by atoms with Gasteiger partial charge in [0.15, 0.2) is 5.96 Å². The zero-order valence-corrected chi connectivity index (χ0v) is 31.6. The van der Waals surface area contributed by atoms with Gasteiger partial charge in [-0.15, -0.1) is 0 Å². The van der Waals surface area contributed by atoms with Crippen LogP contribution in [0.1, 0.15) is 43.2 Å². The van der Waals surface area contributed by atoms with Crippen LogP contribution in [-0.2, 0) is 36.8 Å². The number of H-pyrrole nitrogens is 2. The minimum absolute atomic E-state index is 0.0275. The molecule has 4 amide bonds. The van der Waals surface area contributed by atoms with Crippen molar-refractivity contribution in [1.29, 1.82) is 0 Å². The number of guanidine groups is 1. The largest absolute Gasteiger partial charge is 0.480 e. The summed E-state index contributed by atoms with van der Waals surface area (Å²) in [6, 6.07) is 9.75. The Labute approximate surface area is 322 Å². The van der Waals surface area contributed by atoms with Crippen LogP contribution in [0.2, 0.25) is 0 Å². The number of hydrogen-bond donors (Lipinski definition) is 9. The van der Waals surface area contributed by atoms with E-state index >= 15 is 0 Å². The van der Waals surface area contributed by atoms with Gasteiger partial charge in [-0.2, -0.15) is 11.8 Å². The summed E-state index contributed by atoms with van der Waals surface area (Å²) in [5.41, 5.74) is 20.4. The van der Waals surface area contributed by atoms with E-state index in [1.165, 1.54) is 4.90 Å². The zero-order valence-electron chi connectivity index (χ0n) is 30.8. The molecule has 0 aliphatic carbocycles. The fourth-order valence-electron chi connectivity index (χ4n) is 6.91. The van der Waals surface area contributed by atoms with Crippen molar-refractivity contribution in [3.8, 4) is 0 Å². The molecule has 1 aliphatic rings. The number of nitrogens with zero attached hydrogens (tertiary/aromatic N) is 2. The molecule has 1 fully saturated rings. The summed E-state index contributed by atoms with van der Waals surface area (Å²) in [5, 5.41) is 20.1. The molecule has 2 aromatic carbocycles. The van der Waals surface area contributed by atoms with Gasteiger partial charge in [0.05, 0.1) is 6.04 Å². The molecule has 5 rings (SSSR count). The van der Waals surface area contributed by atoms with Crippen LogP contribution in [0.4, 0.5) is 0 Å². The van der Waals surface area contributed by atoms with Crippen molar-refractivity contribution in [2.45, 2.75) is 75.2 Å². The van der Waals surface area contributed by atoms with Crippen LogP contribution in [0.5, 0.6) is 0 Å². The number of nitrogens with two attached hydrogens (primary N) is 3. The Balaban J connectivity index is 1.35. The van der Waals surface area contributed by atoms with Crippen molar-refractivity contribution in [3.05, 3.63) is 72.1 Å². The van der Waals surface area contributed by atoms with Gasteiger partial charge in [-0.25, -0.2) is 4.79 Å². The molecule has 3 heterocycles. The molecule has 0 bridgehead atoms. The molecule has 55 heavy (non-hydrogen) atoms. The standard InChI is InChI=1S/C38H50N10O6S/c1-55-17-14-26(39)33(49)46-30(18-22-20-43-27-10-4-2-8-24(22)27)34(50)45-29(12-6-15-42-38(40)41)36(52)48-16-7-13-32(48)35(51)47-31(37(53)54)19-23-21-44-28-11-5-3-9-25(23)28/h2-5,8-11,20-21,26,29-32,43-44H,6-7,12-19,39H2,1H3,(H,45,50)(H,46,49)(H,47,51)(H,53,54)(H4,40,41,42)/t26-,29-,30-,31-,32-/m0/s1. The lowest BCUT2D eigenvalue weighted by molar-refractivity contribution is -0.145. The number of carboxylic acid groups (broad SMARTS) is 1. The van der Waals surface area contributed by atoms with Crippen molar-refractivity contribution in [2.24, 2.45) is 22.2 Å². The van der Waals surface area contributed by atoms with Crippen molar-refractivity contribution in [2.75, 3.05) is 25.1 Å². The second kappa shape index (κ2) is 19.2. The Morgan fingerprint density at radius 3 is 2.07 bits per heavy atom. The number of nitrogens with one attached hydrogen (secondary N) is 5. The molecule has 294 valence electrons. The second-order valence-corrected chi connectivity index (χ2v) is 14.7. The number of aliphatic carboxylic acids is 1. The predicted octanol–water partition coefficient (Wildman–Crippen LogP) is 1.10. The summed E-state index contributed by atoms with van der Waals surface area (Å²) in [6.45, 7) is 0.400. The fraction of sp³-hybridized carbons (Fsp3) is 0.421. The van der Waals surface area contributed by atoms with Crippen molar-refractivity contribution in [3.63, 3.8) is 0 Å². The first-order valence-electron chi connectivity index (χ1n) is 18.3. The van der Waals surface area contributed by atoms with Gasteiger partial charge in [0.2, 0.25) is 23.6 Å². The van der Waals surface area contributed by atoms with Crippen LogP contribution < -0.4 is 33.2 Å². The second-order valence-electron chi connectivity index (χ2n) is 13.7. The summed E-state index contributed by atoms with van der Waals surface area (Å²) in [7, 11) is 0. The number of aromatic nitrogens is 2. The van der Waals surface area contributed by atoms with E-state index in [0.717, 1.165) is 32.9 Å². The number of hydrogen-bond acceptors (Lipinski definition) is 8. The molecular formula is C38H50N10O6S. The Hall–Kier alpha value is -5.55. The Morgan fingerprint density at radius 1 is 0.873 bits per heavy atom. The minimum atomic E-state index is -1.25. The van der Waals surface area contributed by atoms with Crippen molar-refractivity contribution < 1.29 is 29.1 Å². The third kappa shape index (κ3) is 10.6. The molecule has 0 radical (unpaired) electrons. The quantitative estimate of drug-likeness (QED) is 0.0372. The Bertz CT molecular complexity index is 2010. The monoisotopic (exact) mass is 774 g/mol. The van der Waals surface area contributed by atoms with Gasteiger partial charge in [-0.05, 0) is 67.4 Å². The van der Waals surface area contributed by atoms with E-state index < -0.39 is 59.8 Å². The highest BCUT2D eigenvalue weighted by Crippen LogP contribution is 2.23. The van der Waals surface area contributed by atoms with Crippen LogP contribution in [0.15, 0.2) is 65.9 Å². The number of fused-ring (bicyclic) bond motifs is 2. The molecule has 0 unspecified atom stereocenters. The van der Waals surface area contributed by atoms with Crippen LogP contribution in [0, 0.1) is 0 Å². The Morgan fingerprint density at radius 2 is 1.47 bits per heavy atom. The smallest absolute Gasteiger partial charge is 0.326 e. The van der Waals surface area contributed by atoms with Crippen LogP contribution in [0.3, 0.4) is 0 Å². The number of carbonyl (C=O) groups is 5. The summed E-state index contributed by atoms with van der Waals surface area (Å²) in [4.78, 5) is 79.5. The van der Waals surface area contributed by atoms with Crippen LogP contribution in [0.25, 0.3) is 21.8 Å². The first-order chi connectivity index (χ1) is 26.5. The molecule has 1 saturated heterocycles. The van der Waals surface area contributed by atoms with Gasteiger partial charge < -0.3 is 53.1 Å². The van der Waals surface area contributed by atoms with Gasteiger partial charge in [-0.1, -0.05) is 36.4 Å². The van der Waals surface area contributed by atoms with E-state index in [9.17, 15) is 29.1 Å². The first-order valence-corrected chi connectivity index (χ1v) is 19.7. The average molecular weight is 775 g/mol. The maximum absolute atomic E-state index is 14.3. The molecule has 0 spiro atoms. The number of likely N-dealkylation sites (tertiary alicyclic amines) is 1. The molecule has 5 atom stereocenters. The number of carboxylic acids is 1. The average Bonchev–Trinajstić information content (AvgIpc) is 3.93. The Kier molecular flexibility index (Phi) is 14.2. The van der Waals surface area contributed by atoms with Gasteiger partial charge in [0.25, 0.3) is 0 Å². The van der Waals surface area contributed by atoms with E-state index in [0.29, 0.717) is 31.4 Å². The highest BCUT2D eigenvalue weighted by molar-refractivity contribution is 7.98. The third-order valence-corrected chi connectivity index (χ3v) is 10.5. The minimum Gasteiger partial charge on any atom is -0.480 e. The number of benzene rings is 2. The van der Waals surface area contributed by atoms with E-state index in [1.54, 1.807) is 24.2 Å². The van der Waals surface area contributed by atoms with E-state index in [2.05, 4.69) is 30.9 Å². The lowest BCUT2D eigenvalue weighted by Crippen LogP contribution is -2.58. The lowest BCUT2D eigenvalue weighted by atomic mass is 10.0. The molecule has 1 aliphatic heterocycles. The maximum atomic E-state index is 14.3. The first kappa shape index (κ1) is 40.6. The van der Waals surface area contributed by atoms with E-state index in [4.69, 9.17) is 17.2 Å². The normalized spacial score (nSPS) is 16.3. The lowest BCUT2D eigenvalue weighted by Gasteiger charge is -2.30. The van der Waals surface area contributed by atoms with Gasteiger partial charge >= 0.3 is 5.97 Å². The number of amides is 4. The molecule has 12 N–H and O–H groups in total. The summed E-state index contributed by atoms with van der Waals surface area (Å²) >= 11 is 1.55. The number of aromatic amines is 2. The summed E-state index contributed by atoms with van der Waals surface area (Å²) in [5.74, 6) is -2.91. The number of carbonyl (C=O) groups excluding carboxylic acids is 4. The van der Waals surface area contributed by atoms with Gasteiger partial charge in [0, 0.05) is 60.1 Å². The molecule has 0 saturated carbocycles. The SMILES string of the molecule is CSCC[C@H](N)C(=O)N[C@@H](Cc1c[nH]c2ccccc12)C(=O)N[C@@H](CCCN=C(N)N)C(=O)N1CCC[C@H]1C(=O)N[C@@H](Cc1c[nH]c2ccccc12)C(=O)O. The topological polar surface area (TPSA) is 267 Å². The third-order valence-electron chi connectivity index (χ3n) is 9.81. The van der Waals surface area contributed by atoms with E-state index in [-0.39, 0.29) is 38.3 Å². The zero-order chi connectivity index (χ0) is 39.5. The van der Waals surface area contributed by atoms with Gasteiger partial charge in [0.1, 0.15) is 24.2 Å². The molecule has 2 aromatic heterocycles. The number of rotatable bonds is 19. The summed E-state index contributed by atoms with van der Waals surface area (Å²) < 4.78 is 0. The highest BCUT2D eigenvalue weighted by Gasteiger charge is 2.39. The predicted molar refractivity (Wildman–Crippen MR) is 213 cm³/mol. The number of thioether (sulfide) groups is 1. The molecule has 17 heteroatoms. The number of para-hydroxylation sites is 2. The highest BCUT2D eigenvalue weighted by atomic mass is 32.2. The fourth-order valence-corrected chi connectivity index (χ4v) is 7.40. The molecule has 4 aromatic rings. The molecule has 16 nitrogen and oxygen atoms in total. The van der Waals surface area contributed by atoms with Gasteiger partial charge in [-0.3, -0.25) is 24.2 Å². The summed E-state index contributed by atoms with van der Waals surface area (Å²) in [6.07, 6.45) is 7.17. The van der Waals surface area contributed by atoms with Crippen LogP contribution >= 0.6 is 11.8 Å². The van der Waals surface area contributed by atoms with Crippen LogP contribution in [-0.4, -0.2) is 111 Å². The molecular weight excluding hydrogens is 725 g/mol. The maximum Gasteiger partial charge on any atom is 0.326 e.